The van der Waals surface area contributed by atoms with E-state index < -0.39 is 5.97 Å². The van der Waals surface area contributed by atoms with Gasteiger partial charge in [0.2, 0.25) is 5.89 Å². The van der Waals surface area contributed by atoms with Crippen LogP contribution in [0.3, 0.4) is 0 Å². The fourth-order valence-corrected chi connectivity index (χ4v) is 4.78. The summed E-state index contributed by atoms with van der Waals surface area (Å²) in [4.78, 5) is 25.8. The first-order valence-electron chi connectivity index (χ1n) is 12.4. The van der Waals surface area contributed by atoms with E-state index in [9.17, 15) is 4.79 Å². The maximum Gasteiger partial charge on any atom is 0.352 e. The Morgan fingerprint density at radius 3 is 2.43 bits per heavy atom. The van der Waals surface area contributed by atoms with Crippen molar-refractivity contribution in [3.8, 4) is 28.3 Å². The molecule has 37 heavy (non-hydrogen) atoms. The van der Waals surface area contributed by atoms with E-state index in [-0.39, 0.29) is 29.6 Å². The molecular weight excluding hydrogens is 473 g/mol. The zero-order valence-corrected chi connectivity index (χ0v) is 23.4. The second kappa shape index (κ2) is 12.9. The summed E-state index contributed by atoms with van der Waals surface area (Å²) in [5.74, 6) is 1.86. The molecule has 1 fully saturated rings. The Labute approximate surface area is 239 Å². The number of aromatic nitrogens is 1. The van der Waals surface area contributed by atoms with Gasteiger partial charge in [0.15, 0.2) is 11.5 Å². The predicted octanol–water partition coefficient (Wildman–Crippen LogP) is 7.30. The molecule has 1 heterocycles. The quantitative estimate of drug-likeness (QED) is 0.151. The fourth-order valence-electron chi connectivity index (χ4n) is 4.78. The summed E-state index contributed by atoms with van der Waals surface area (Å²) in [5.41, 5.74) is 5.40. The Hall–Kier alpha value is -3.12. The second-order valence-corrected chi connectivity index (χ2v) is 9.13. The van der Waals surface area contributed by atoms with E-state index in [0.29, 0.717) is 17.6 Å². The molecule has 1 atom stereocenters. The average Bonchev–Trinajstić information content (AvgIpc) is 3.34. The van der Waals surface area contributed by atoms with Crippen molar-refractivity contribution in [1.82, 2.24) is 4.98 Å². The monoisotopic (exact) mass is 502 g/mol. The van der Waals surface area contributed by atoms with Gasteiger partial charge >= 0.3 is 5.97 Å². The van der Waals surface area contributed by atoms with Gasteiger partial charge in [0, 0.05) is 53.7 Å². The van der Waals surface area contributed by atoms with Gasteiger partial charge in [-0.15, -0.1) is 0 Å². The van der Waals surface area contributed by atoms with Gasteiger partial charge < -0.3 is 4.42 Å². The van der Waals surface area contributed by atoms with Gasteiger partial charge in [0.1, 0.15) is 5.69 Å². The zero-order valence-electron chi connectivity index (χ0n) is 21.4. The summed E-state index contributed by atoms with van der Waals surface area (Å²) < 4.78 is 6.37. The van der Waals surface area contributed by atoms with Crippen molar-refractivity contribution in [2.24, 2.45) is 5.92 Å². The average molecular weight is 503 g/mol. The van der Waals surface area contributed by atoms with Crippen LogP contribution in [-0.4, -0.2) is 40.5 Å². The van der Waals surface area contributed by atoms with Crippen LogP contribution in [0.15, 0.2) is 94.9 Å². The first-order chi connectivity index (χ1) is 17.7. The minimum Gasteiger partial charge on any atom is -0.436 e. The minimum atomic E-state index is -0.478. The van der Waals surface area contributed by atoms with E-state index in [4.69, 9.17) is 14.3 Å². The summed E-state index contributed by atoms with van der Waals surface area (Å²) in [7, 11) is 0. The Balaban J connectivity index is 0.00000320. The summed E-state index contributed by atoms with van der Waals surface area (Å²) in [6, 6.07) is 28.0. The van der Waals surface area contributed by atoms with Crippen molar-refractivity contribution in [3.05, 3.63) is 102 Å². The first-order valence-corrected chi connectivity index (χ1v) is 12.4. The Bertz CT molecular complexity index is 1290. The number of nitrogens with zero attached hydrogens (tertiary/aromatic N) is 1. The molecule has 1 aliphatic rings. The number of hydrogen-bond donors (Lipinski definition) is 0. The third kappa shape index (κ3) is 7.01. The van der Waals surface area contributed by atoms with Crippen molar-refractivity contribution in [2.75, 3.05) is 0 Å². The topological polar surface area (TPSA) is 61.6 Å². The van der Waals surface area contributed by atoms with Crippen LogP contribution in [0, 0.1) is 5.92 Å². The molecule has 183 valence electrons. The van der Waals surface area contributed by atoms with E-state index in [1.807, 2.05) is 48.5 Å². The summed E-state index contributed by atoms with van der Waals surface area (Å²) in [6.07, 6.45) is 7.51. The molecule has 1 unspecified atom stereocenters. The summed E-state index contributed by atoms with van der Waals surface area (Å²) in [5, 5.41) is 0. The molecule has 5 rings (SSSR count). The third-order valence-electron chi connectivity index (χ3n) is 6.46. The number of oxazole rings is 1. The molecule has 6 heteroatoms. The molecule has 0 N–H and O–H groups in total. The van der Waals surface area contributed by atoms with Gasteiger partial charge in [0.05, 0.1) is 0 Å². The molecule has 4 aromatic rings. The van der Waals surface area contributed by atoms with E-state index in [1.165, 1.54) is 18.9 Å². The van der Waals surface area contributed by atoms with Crippen LogP contribution < -0.4 is 4.89 Å². The zero-order chi connectivity index (χ0) is 24.7. The van der Waals surface area contributed by atoms with Crippen molar-refractivity contribution < 1.29 is 19.0 Å². The molecule has 1 aliphatic carbocycles. The molecule has 1 aromatic heterocycles. The number of carbonyl (C=O) groups excluding carboxylic acids is 1. The normalized spacial score (nSPS) is 16.1. The first kappa shape index (κ1) is 26.9. The van der Waals surface area contributed by atoms with E-state index in [1.54, 1.807) is 6.07 Å². The van der Waals surface area contributed by atoms with Gasteiger partial charge in [0.25, 0.3) is 0 Å². The SMILES string of the molecule is CC(=O)OOc1cccc(CC2CCCCC2=Cc2nc(-c3ccccc3)c(-c3ccccc3)o2)c1.[Na]. The second-order valence-electron chi connectivity index (χ2n) is 9.13. The number of allylic oxidation sites excluding steroid dienone is 1. The number of hydrogen-bond acceptors (Lipinski definition) is 5. The molecule has 3 aromatic carbocycles. The fraction of sp³-hybridized carbons (Fsp3) is 0.226. The number of rotatable bonds is 7. The van der Waals surface area contributed by atoms with E-state index in [0.717, 1.165) is 53.8 Å². The Kier molecular flexibility index (Phi) is 9.40. The van der Waals surface area contributed by atoms with Crippen molar-refractivity contribution in [3.63, 3.8) is 0 Å². The smallest absolute Gasteiger partial charge is 0.352 e. The van der Waals surface area contributed by atoms with Crippen LogP contribution in [0.25, 0.3) is 28.7 Å². The number of carbonyl (C=O) groups is 1. The van der Waals surface area contributed by atoms with Crippen LogP contribution >= 0.6 is 0 Å². The maximum atomic E-state index is 11.1. The van der Waals surface area contributed by atoms with Gasteiger partial charge in [-0.1, -0.05) is 84.8 Å². The molecule has 5 nitrogen and oxygen atoms in total. The van der Waals surface area contributed by atoms with Crippen LogP contribution in [0.4, 0.5) is 0 Å². The molecule has 1 radical (unpaired) electrons. The predicted molar refractivity (Wildman–Crippen MR) is 146 cm³/mol. The third-order valence-corrected chi connectivity index (χ3v) is 6.46. The van der Waals surface area contributed by atoms with Gasteiger partial charge in [-0.2, -0.15) is 0 Å². The summed E-state index contributed by atoms with van der Waals surface area (Å²) in [6.45, 7) is 1.32. The van der Waals surface area contributed by atoms with Crippen molar-refractivity contribution in [1.29, 1.82) is 0 Å². The molecular formula is C31H29NNaO4. The Morgan fingerprint density at radius 2 is 1.70 bits per heavy atom. The molecule has 0 amide bonds. The minimum absolute atomic E-state index is 0. The molecule has 0 saturated heterocycles. The van der Waals surface area contributed by atoms with Crippen molar-refractivity contribution >= 4 is 41.6 Å². The molecule has 1 saturated carbocycles. The van der Waals surface area contributed by atoms with Crippen LogP contribution in [-0.2, 0) is 16.1 Å². The van der Waals surface area contributed by atoms with Crippen LogP contribution in [0.2, 0.25) is 0 Å². The maximum absolute atomic E-state index is 11.1. The van der Waals surface area contributed by atoms with Crippen LogP contribution in [0.5, 0.6) is 5.75 Å². The van der Waals surface area contributed by atoms with E-state index in [2.05, 4.69) is 41.3 Å². The Morgan fingerprint density at radius 1 is 0.973 bits per heavy atom. The largest absolute Gasteiger partial charge is 0.436 e. The van der Waals surface area contributed by atoms with Gasteiger partial charge in [-0.3, -0.25) is 9.78 Å². The summed E-state index contributed by atoms with van der Waals surface area (Å²) >= 11 is 0. The van der Waals surface area contributed by atoms with Gasteiger partial charge in [-0.05, 0) is 49.3 Å². The molecule has 0 bridgehead atoms. The van der Waals surface area contributed by atoms with Gasteiger partial charge in [-0.25, -0.2) is 9.78 Å². The van der Waals surface area contributed by atoms with Crippen LogP contribution in [0.1, 0.15) is 44.1 Å². The number of benzene rings is 3. The molecule has 0 aliphatic heterocycles. The van der Waals surface area contributed by atoms with Crippen molar-refractivity contribution in [2.45, 2.75) is 39.0 Å². The molecule has 0 spiro atoms. The van der Waals surface area contributed by atoms with E-state index >= 15 is 0 Å². The standard InChI is InChI=1S/C31H29NO4.Na/c1-22(33)35-36-28-18-10-11-23(20-28)19-26-16-8-9-17-27(26)21-29-32-30(24-12-4-2-5-13-24)31(34-29)25-14-6-3-7-15-25;/h2-7,10-15,18,20-21,26H,8-9,16-17,19H2,1H3;.